The highest BCUT2D eigenvalue weighted by Gasteiger charge is 2.19. The standard InChI is InChI=1S/C16H23N3O/c20-16(19-14-5-1-2-6-14)13-7-8-15(18-11-13)12-4-3-9-17-10-12/h7-8,11-12,14,17H,1-6,9-10H2,(H,19,20)/t12-/m0/s1. The van der Waals surface area contributed by atoms with Crippen LogP contribution in [0.15, 0.2) is 18.3 Å². The van der Waals surface area contributed by atoms with Crippen molar-refractivity contribution in [2.24, 2.45) is 0 Å². The molecule has 1 aromatic heterocycles. The number of piperidine rings is 1. The van der Waals surface area contributed by atoms with Crippen LogP contribution in [0.25, 0.3) is 0 Å². The normalized spacial score (nSPS) is 23.7. The van der Waals surface area contributed by atoms with Gasteiger partial charge in [-0.1, -0.05) is 12.8 Å². The van der Waals surface area contributed by atoms with E-state index < -0.39 is 0 Å². The summed E-state index contributed by atoms with van der Waals surface area (Å²) >= 11 is 0. The van der Waals surface area contributed by atoms with Crippen LogP contribution in [-0.4, -0.2) is 30.0 Å². The Morgan fingerprint density at radius 1 is 1.20 bits per heavy atom. The van der Waals surface area contributed by atoms with Gasteiger partial charge in [-0.3, -0.25) is 9.78 Å². The topological polar surface area (TPSA) is 54.0 Å². The SMILES string of the molecule is O=C(NC1CCCC1)c1ccc([C@H]2CCCNC2)nc1. The third kappa shape index (κ3) is 3.18. The lowest BCUT2D eigenvalue weighted by Crippen LogP contribution is -2.32. The monoisotopic (exact) mass is 273 g/mol. The highest BCUT2D eigenvalue weighted by molar-refractivity contribution is 5.94. The number of hydrogen-bond acceptors (Lipinski definition) is 3. The molecule has 1 saturated heterocycles. The molecule has 2 N–H and O–H groups in total. The first-order chi connectivity index (χ1) is 9.83. The molecule has 0 unspecified atom stereocenters. The summed E-state index contributed by atoms with van der Waals surface area (Å²) in [4.78, 5) is 16.6. The van der Waals surface area contributed by atoms with Crippen molar-refractivity contribution in [3.8, 4) is 0 Å². The van der Waals surface area contributed by atoms with Crippen LogP contribution in [0, 0.1) is 0 Å². The van der Waals surface area contributed by atoms with E-state index in [2.05, 4.69) is 15.6 Å². The molecule has 1 aliphatic carbocycles. The first kappa shape index (κ1) is 13.6. The molecule has 3 rings (SSSR count). The maximum absolute atomic E-state index is 12.1. The van der Waals surface area contributed by atoms with E-state index in [4.69, 9.17) is 0 Å². The fraction of sp³-hybridized carbons (Fsp3) is 0.625. The molecule has 108 valence electrons. The van der Waals surface area contributed by atoms with Crippen LogP contribution in [0.2, 0.25) is 0 Å². The molecule has 0 spiro atoms. The number of hydrogen-bond donors (Lipinski definition) is 2. The molecule has 1 aromatic rings. The van der Waals surface area contributed by atoms with Gasteiger partial charge in [-0.05, 0) is 44.4 Å². The highest BCUT2D eigenvalue weighted by atomic mass is 16.1. The summed E-state index contributed by atoms with van der Waals surface area (Å²) in [5.41, 5.74) is 1.79. The van der Waals surface area contributed by atoms with E-state index in [1.807, 2.05) is 12.1 Å². The first-order valence-corrected chi connectivity index (χ1v) is 7.80. The van der Waals surface area contributed by atoms with Gasteiger partial charge >= 0.3 is 0 Å². The maximum atomic E-state index is 12.1. The van der Waals surface area contributed by atoms with Gasteiger partial charge in [0.1, 0.15) is 0 Å². The van der Waals surface area contributed by atoms with E-state index in [1.165, 1.54) is 25.7 Å². The van der Waals surface area contributed by atoms with E-state index in [0.29, 0.717) is 17.5 Å². The van der Waals surface area contributed by atoms with Crippen LogP contribution in [0.3, 0.4) is 0 Å². The summed E-state index contributed by atoms with van der Waals surface area (Å²) in [6, 6.07) is 4.30. The Bertz CT molecular complexity index is 445. The van der Waals surface area contributed by atoms with Crippen molar-refractivity contribution < 1.29 is 4.79 Å². The smallest absolute Gasteiger partial charge is 0.253 e. The molecule has 1 saturated carbocycles. The fourth-order valence-corrected chi connectivity index (χ4v) is 3.22. The number of rotatable bonds is 3. The molecule has 1 amide bonds. The van der Waals surface area contributed by atoms with E-state index in [0.717, 1.165) is 31.6 Å². The summed E-state index contributed by atoms with van der Waals surface area (Å²) < 4.78 is 0. The summed E-state index contributed by atoms with van der Waals surface area (Å²) in [5, 5.41) is 6.50. The Hall–Kier alpha value is -1.42. The second-order valence-corrected chi connectivity index (χ2v) is 5.97. The Morgan fingerprint density at radius 3 is 2.70 bits per heavy atom. The van der Waals surface area contributed by atoms with Crippen molar-refractivity contribution in [2.75, 3.05) is 13.1 Å². The van der Waals surface area contributed by atoms with E-state index >= 15 is 0 Å². The molecular formula is C16H23N3O. The molecule has 1 aliphatic heterocycles. The molecule has 4 heteroatoms. The minimum Gasteiger partial charge on any atom is -0.349 e. The van der Waals surface area contributed by atoms with E-state index in [-0.39, 0.29) is 5.91 Å². The van der Waals surface area contributed by atoms with Crippen molar-refractivity contribution in [2.45, 2.75) is 50.5 Å². The second kappa shape index (κ2) is 6.35. The van der Waals surface area contributed by atoms with Gasteiger partial charge in [-0.15, -0.1) is 0 Å². The maximum Gasteiger partial charge on any atom is 0.253 e. The van der Waals surface area contributed by atoms with Gasteiger partial charge in [0.2, 0.25) is 0 Å². The molecule has 2 fully saturated rings. The largest absolute Gasteiger partial charge is 0.349 e. The summed E-state index contributed by atoms with van der Waals surface area (Å²) in [5.74, 6) is 0.522. The van der Waals surface area contributed by atoms with Crippen LogP contribution >= 0.6 is 0 Å². The van der Waals surface area contributed by atoms with Crippen LogP contribution in [0.4, 0.5) is 0 Å². The van der Waals surface area contributed by atoms with Crippen molar-refractivity contribution in [1.29, 1.82) is 0 Å². The van der Waals surface area contributed by atoms with Crippen LogP contribution < -0.4 is 10.6 Å². The van der Waals surface area contributed by atoms with E-state index in [9.17, 15) is 4.79 Å². The van der Waals surface area contributed by atoms with E-state index in [1.54, 1.807) is 6.20 Å². The van der Waals surface area contributed by atoms with Gasteiger partial charge in [0, 0.05) is 30.4 Å². The number of nitrogens with one attached hydrogen (secondary N) is 2. The van der Waals surface area contributed by atoms with Crippen LogP contribution in [-0.2, 0) is 0 Å². The Morgan fingerprint density at radius 2 is 2.05 bits per heavy atom. The molecule has 4 nitrogen and oxygen atoms in total. The van der Waals surface area contributed by atoms with Crippen LogP contribution in [0.5, 0.6) is 0 Å². The molecule has 0 bridgehead atoms. The minimum atomic E-state index is 0.0257. The zero-order valence-electron chi connectivity index (χ0n) is 11.9. The lowest BCUT2D eigenvalue weighted by atomic mass is 9.95. The average molecular weight is 273 g/mol. The quantitative estimate of drug-likeness (QED) is 0.888. The Labute approximate surface area is 120 Å². The lowest BCUT2D eigenvalue weighted by molar-refractivity contribution is 0.0937. The van der Waals surface area contributed by atoms with Crippen molar-refractivity contribution in [1.82, 2.24) is 15.6 Å². The zero-order chi connectivity index (χ0) is 13.8. The predicted octanol–water partition coefficient (Wildman–Crippen LogP) is 2.22. The number of amides is 1. The molecule has 2 aliphatic rings. The van der Waals surface area contributed by atoms with Gasteiger partial charge in [0.05, 0.1) is 5.56 Å². The average Bonchev–Trinajstić information content (AvgIpc) is 3.01. The Balaban J connectivity index is 1.61. The third-order valence-corrected chi connectivity index (χ3v) is 4.45. The van der Waals surface area contributed by atoms with Gasteiger partial charge < -0.3 is 10.6 Å². The molecule has 0 aromatic carbocycles. The van der Waals surface area contributed by atoms with Crippen LogP contribution in [0.1, 0.15) is 60.5 Å². The fourth-order valence-electron chi connectivity index (χ4n) is 3.22. The molecular weight excluding hydrogens is 250 g/mol. The summed E-state index contributed by atoms with van der Waals surface area (Å²) in [6.07, 6.45) is 8.82. The number of pyridine rings is 1. The molecule has 0 radical (unpaired) electrons. The molecule has 2 heterocycles. The predicted molar refractivity (Wildman–Crippen MR) is 78.8 cm³/mol. The van der Waals surface area contributed by atoms with Gasteiger partial charge in [0.25, 0.3) is 5.91 Å². The third-order valence-electron chi connectivity index (χ3n) is 4.45. The summed E-state index contributed by atoms with van der Waals surface area (Å²) in [7, 11) is 0. The number of nitrogens with zero attached hydrogens (tertiary/aromatic N) is 1. The highest BCUT2D eigenvalue weighted by Crippen LogP contribution is 2.22. The number of aromatic nitrogens is 1. The van der Waals surface area contributed by atoms with Gasteiger partial charge in [-0.2, -0.15) is 0 Å². The van der Waals surface area contributed by atoms with Gasteiger partial charge in [0.15, 0.2) is 0 Å². The molecule has 20 heavy (non-hydrogen) atoms. The number of carbonyl (C=O) groups is 1. The number of carbonyl (C=O) groups excluding carboxylic acids is 1. The molecule has 1 atom stereocenters. The lowest BCUT2D eigenvalue weighted by Gasteiger charge is -2.22. The van der Waals surface area contributed by atoms with Gasteiger partial charge in [-0.25, -0.2) is 0 Å². The van der Waals surface area contributed by atoms with Crippen molar-refractivity contribution >= 4 is 5.91 Å². The zero-order valence-corrected chi connectivity index (χ0v) is 11.9. The Kier molecular flexibility index (Phi) is 4.31. The summed E-state index contributed by atoms with van der Waals surface area (Å²) in [6.45, 7) is 2.11. The second-order valence-electron chi connectivity index (χ2n) is 5.97. The van der Waals surface area contributed by atoms with Crippen molar-refractivity contribution in [3.63, 3.8) is 0 Å². The first-order valence-electron chi connectivity index (χ1n) is 7.80. The minimum absolute atomic E-state index is 0.0257. The van der Waals surface area contributed by atoms with Crippen molar-refractivity contribution in [3.05, 3.63) is 29.6 Å².